The van der Waals surface area contributed by atoms with Crippen molar-refractivity contribution < 1.29 is 9.90 Å². The quantitative estimate of drug-likeness (QED) is 0.929. The van der Waals surface area contributed by atoms with Crippen LogP contribution in [-0.2, 0) is 11.3 Å². The Labute approximate surface area is 122 Å². The van der Waals surface area contributed by atoms with Crippen LogP contribution in [0.25, 0.3) is 0 Å². The fourth-order valence-electron chi connectivity index (χ4n) is 2.18. The summed E-state index contributed by atoms with van der Waals surface area (Å²) in [5.74, 6) is -0.763. The Morgan fingerprint density at radius 1 is 1.44 bits per heavy atom. The first-order chi connectivity index (χ1) is 8.08. The van der Waals surface area contributed by atoms with E-state index in [0.29, 0.717) is 23.0 Å². The molecule has 1 fully saturated rings. The molecular formula is C12H14Cl3NO2. The predicted molar refractivity (Wildman–Crippen MR) is 74.8 cm³/mol. The lowest BCUT2D eigenvalue weighted by Gasteiger charge is -2.21. The van der Waals surface area contributed by atoms with Gasteiger partial charge in [-0.05, 0) is 43.1 Å². The van der Waals surface area contributed by atoms with Gasteiger partial charge < -0.3 is 5.11 Å². The molecule has 0 spiro atoms. The summed E-state index contributed by atoms with van der Waals surface area (Å²) in [7, 11) is 0. The van der Waals surface area contributed by atoms with Crippen molar-refractivity contribution in [3.8, 4) is 0 Å². The van der Waals surface area contributed by atoms with Gasteiger partial charge >= 0.3 is 5.97 Å². The van der Waals surface area contributed by atoms with E-state index in [9.17, 15) is 4.79 Å². The molecule has 0 unspecified atom stereocenters. The molecule has 0 radical (unpaired) electrons. The molecule has 0 aromatic heterocycles. The predicted octanol–water partition coefficient (Wildman–Crippen LogP) is 3.46. The third kappa shape index (κ3) is 3.51. The van der Waals surface area contributed by atoms with Gasteiger partial charge in [0.25, 0.3) is 0 Å². The highest BCUT2D eigenvalue weighted by Crippen LogP contribution is 2.26. The Morgan fingerprint density at radius 2 is 2.17 bits per heavy atom. The molecule has 6 heteroatoms. The zero-order valence-corrected chi connectivity index (χ0v) is 11.9. The van der Waals surface area contributed by atoms with Crippen molar-refractivity contribution in [2.45, 2.75) is 25.4 Å². The van der Waals surface area contributed by atoms with Gasteiger partial charge in [0.2, 0.25) is 0 Å². The van der Waals surface area contributed by atoms with Crippen molar-refractivity contribution in [1.82, 2.24) is 4.90 Å². The van der Waals surface area contributed by atoms with Crippen molar-refractivity contribution in [1.29, 1.82) is 0 Å². The Morgan fingerprint density at radius 3 is 2.83 bits per heavy atom. The van der Waals surface area contributed by atoms with Crippen molar-refractivity contribution in [3.05, 3.63) is 33.8 Å². The number of carbonyl (C=O) groups is 1. The molecule has 0 aliphatic carbocycles. The molecule has 3 nitrogen and oxygen atoms in total. The molecule has 1 aromatic rings. The number of hydrogen-bond acceptors (Lipinski definition) is 2. The average molecular weight is 311 g/mol. The van der Waals surface area contributed by atoms with Crippen molar-refractivity contribution in [3.63, 3.8) is 0 Å². The van der Waals surface area contributed by atoms with Crippen LogP contribution in [0.5, 0.6) is 0 Å². The Balaban J connectivity index is 0.00000162. The molecule has 0 saturated carbocycles. The summed E-state index contributed by atoms with van der Waals surface area (Å²) in [6, 6.07) is 4.86. The van der Waals surface area contributed by atoms with E-state index >= 15 is 0 Å². The third-order valence-electron chi connectivity index (χ3n) is 3.03. The largest absolute Gasteiger partial charge is 0.480 e. The van der Waals surface area contributed by atoms with Crippen LogP contribution >= 0.6 is 35.6 Å². The van der Waals surface area contributed by atoms with Gasteiger partial charge in [0, 0.05) is 16.6 Å². The molecule has 2 rings (SSSR count). The van der Waals surface area contributed by atoms with E-state index in [0.717, 1.165) is 18.5 Å². The van der Waals surface area contributed by atoms with E-state index in [1.165, 1.54) is 0 Å². The molecule has 1 atom stereocenters. The molecule has 1 saturated heterocycles. The minimum Gasteiger partial charge on any atom is -0.480 e. The lowest BCUT2D eigenvalue weighted by molar-refractivity contribution is -0.142. The smallest absolute Gasteiger partial charge is 0.320 e. The number of hydrogen-bond donors (Lipinski definition) is 1. The van der Waals surface area contributed by atoms with Gasteiger partial charge in [0.05, 0.1) is 0 Å². The van der Waals surface area contributed by atoms with Crippen LogP contribution in [0.15, 0.2) is 18.2 Å². The van der Waals surface area contributed by atoms with Gasteiger partial charge in [-0.1, -0.05) is 23.2 Å². The summed E-state index contributed by atoms with van der Waals surface area (Å²) in [6.07, 6.45) is 1.61. The third-order valence-corrected chi connectivity index (χ3v) is 3.63. The second-order valence-electron chi connectivity index (χ2n) is 4.20. The fraction of sp³-hybridized carbons (Fsp3) is 0.417. The number of carboxylic acids is 1. The molecule has 1 N–H and O–H groups in total. The first-order valence-electron chi connectivity index (χ1n) is 5.48. The fourth-order valence-corrected chi connectivity index (χ4v) is 2.55. The average Bonchev–Trinajstić information content (AvgIpc) is 2.71. The van der Waals surface area contributed by atoms with E-state index in [4.69, 9.17) is 28.3 Å². The minimum absolute atomic E-state index is 0. The highest BCUT2D eigenvalue weighted by molar-refractivity contribution is 6.33. The molecule has 100 valence electrons. The molecule has 1 aliphatic rings. The first kappa shape index (κ1) is 15.6. The normalized spacial score (nSPS) is 19.6. The molecular weight excluding hydrogens is 296 g/mol. The number of halogens is 3. The summed E-state index contributed by atoms with van der Waals surface area (Å²) in [5.41, 5.74) is 0.882. The number of nitrogens with zero attached hydrogens (tertiary/aromatic N) is 1. The van der Waals surface area contributed by atoms with Gasteiger partial charge in [-0.25, -0.2) is 0 Å². The number of aliphatic carboxylic acids is 1. The van der Waals surface area contributed by atoms with E-state index in [1.54, 1.807) is 18.2 Å². The number of benzene rings is 1. The monoisotopic (exact) mass is 309 g/mol. The van der Waals surface area contributed by atoms with Crippen molar-refractivity contribution >= 4 is 41.6 Å². The van der Waals surface area contributed by atoms with Crippen LogP contribution < -0.4 is 0 Å². The maximum Gasteiger partial charge on any atom is 0.320 e. The van der Waals surface area contributed by atoms with E-state index in [1.807, 2.05) is 4.90 Å². The zero-order chi connectivity index (χ0) is 12.4. The summed E-state index contributed by atoms with van der Waals surface area (Å²) in [5, 5.41) is 10.3. The Bertz CT molecular complexity index is 439. The summed E-state index contributed by atoms with van der Waals surface area (Å²) in [4.78, 5) is 13.0. The second kappa shape index (κ2) is 6.62. The van der Waals surface area contributed by atoms with Crippen LogP contribution in [0, 0.1) is 0 Å². The lowest BCUT2D eigenvalue weighted by atomic mass is 10.2. The highest BCUT2D eigenvalue weighted by Gasteiger charge is 2.30. The number of carboxylic acid groups (broad SMARTS) is 1. The summed E-state index contributed by atoms with van der Waals surface area (Å²) in [6.45, 7) is 1.33. The van der Waals surface area contributed by atoms with E-state index < -0.39 is 12.0 Å². The molecule has 1 heterocycles. The maximum atomic E-state index is 11.1. The topological polar surface area (TPSA) is 40.5 Å². The maximum absolute atomic E-state index is 11.1. The van der Waals surface area contributed by atoms with Crippen LogP contribution in [-0.4, -0.2) is 28.6 Å². The SMILES string of the molecule is Cl.O=C(O)[C@H]1CCCN1Cc1cc(Cl)ccc1Cl. The van der Waals surface area contributed by atoms with Gasteiger partial charge in [0.1, 0.15) is 6.04 Å². The summed E-state index contributed by atoms with van der Waals surface area (Å²) < 4.78 is 0. The van der Waals surface area contributed by atoms with Crippen LogP contribution in [0.3, 0.4) is 0 Å². The van der Waals surface area contributed by atoms with Gasteiger partial charge in [0.15, 0.2) is 0 Å². The van der Waals surface area contributed by atoms with E-state index in [2.05, 4.69) is 0 Å². The Kier molecular flexibility index (Phi) is 5.73. The van der Waals surface area contributed by atoms with Crippen LogP contribution in [0.1, 0.15) is 18.4 Å². The second-order valence-corrected chi connectivity index (χ2v) is 5.05. The van der Waals surface area contributed by atoms with Gasteiger partial charge in [-0.3, -0.25) is 9.69 Å². The van der Waals surface area contributed by atoms with E-state index in [-0.39, 0.29) is 12.4 Å². The molecule has 1 aliphatic heterocycles. The van der Waals surface area contributed by atoms with Crippen LogP contribution in [0.4, 0.5) is 0 Å². The molecule has 0 amide bonds. The molecule has 0 bridgehead atoms. The molecule has 1 aromatic carbocycles. The minimum atomic E-state index is -0.763. The van der Waals surface area contributed by atoms with Gasteiger partial charge in [-0.2, -0.15) is 0 Å². The number of likely N-dealkylation sites (tertiary alicyclic amines) is 1. The van der Waals surface area contributed by atoms with Gasteiger partial charge in [-0.15, -0.1) is 12.4 Å². The van der Waals surface area contributed by atoms with Crippen molar-refractivity contribution in [2.24, 2.45) is 0 Å². The standard InChI is InChI=1S/C12H13Cl2NO2.ClH/c13-9-3-4-10(14)8(6-9)7-15-5-1-2-11(15)12(16)17;/h3-4,6,11H,1-2,5,7H2,(H,16,17);1H/t11-;/m1./s1. The first-order valence-corrected chi connectivity index (χ1v) is 6.24. The lowest BCUT2D eigenvalue weighted by Crippen LogP contribution is -2.35. The zero-order valence-electron chi connectivity index (χ0n) is 9.60. The number of rotatable bonds is 3. The Hall–Kier alpha value is -0.480. The highest BCUT2D eigenvalue weighted by atomic mass is 35.5. The van der Waals surface area contributed by atoms with Crippen LogP contribution in [0.2, 0.25) is 10.0 Å². The summed E-state index contributed by atoms with van der Waals surface area (Å²) >= 11 is 12.0. The van der Waals surface area contributed by atoms with Crippen molar-refractivity contribution in [2.75, 3.05) is 6.54 Å². The molecule has 18 heavy (non-hydrogen) atoms.